The van der Waals surface area contributed by atoms with E-state index in [1.807, 2.05) is 32.9 Å². The molecule has 0 radical (unpaired) electrons. The van der Waals surface area contributed by atoms with Gasteiger partial charge in [0.15, 0.2) is 10.9 Å². The van der Waals surface area contributed by atoms with Crippen molar-refractivity contribution in [1.82, 2.24) is 0 Å². The van der Waals surface area contributed by atoms with E-state index < -0.39 is 0 Å². The number of halogens is 2. The number of aryl methyl sites for hydroxylation is 2. The fraction of sp³-hybridized carbons (Fsp3) is 0.240. The fourth-order valence-electron chi connectivity index (χ4n) is 4.18. The molecule has 154 valence electrons. The maximum Gasteiger partial charge on any atom is 0.173 e. The first-order chi connectivity index (χ1) is 14.3. The van der Waals surface area contributed by atoms with E-state index in [9.17, 15) is 0 Å². The Morgan fingerprint density at radius 1 is 1.20 bits per heavy atom. The number of ether oxygens (including phenoxy) is 1. The summed E-state index contributed by atoms with van der Waals surface area (Å²) in [6, 6.07) is 4.36. The number of hydrogen-bond donors (Lipinski definition) is 0. The molecule has 0 N–H and O–H groups in total. The number of fused-ring (bicyclic) bond motifs is 2. The number of hydrogen-bond acceptors (Lipinski definition) is 3. The van der Waals surface area contributed by atoms with Gasteiger partial charge in [-0.2, -0.15) is 0 Å². The molecule has 3 nitrogen and oxygen atoms in total. The van der Waals surface area contributed by atoms with Crippen molar-refractivity contribution in [2.24, 2.45) is 10.9 Å². The summed E-state index contributed by atoms with van der Waals surface area (Å²) >= 11 is 12.1. The lowest BCUT2D eigenvalue weighted by molar-refractivity contribution is 0.324. The standard InChI is InChI=1S/C25H23Cl2NO2/c1-6-7-18-15(4)29-23-10-13(2)19(12-21(18)23)17-8-9-22-20(11-17)14(3)24(30-22)25(27)28-16(5)26/h6-10,12,20H,5,11H2,1-4H3/b7-6-,28-25+. The van der Waals surface area contributed by atoms with Crippen LogP contribution in [-0.4, -0.2) is 5.17 Å². The van der Waals surface area contributed by atoms with Crippen LogP contribution in [0.15, 0.2) is 68.6 Å². The lowest BCUT2D eigenvalue weighted by Crippen LogP contribution is -2.07. The van der Waals surface area contributed by atoms with E-state index in [0.717, 1.165) is 40.0 Å². The third-order valence-electron chi connectivity index (χ3n) is 5.66. The molecule has 0 spiro atoms. The zero-order valence-corrected chi connectivity index (χ0v) is 19.0. The van der Waals surface area contributed by atoms with E-state index in [4.69, 9.17) is 32.4 Å². The summed E-state index contributed by atoms with van der Waals surface area (Å²) in [5.74, 6) is 2.51. The maximum atomic E-state index is 6.30. The van der Waals surface area contributed by atoms with Gasteiger partial charge in [0.05, 0.1) is 0 Å². The molecule has 1 unspecified atom stereocenters. The molecular weight excluding hydrogens is 417 g/mol. The molecule has 2 heterocycles. The molecule has 1 aliphatic carbocycles. The minimum atomic E-state index is 0.128. The minimum Gasteiger partial charge on any atom is -0.461 e. The third-order valence-corrected chi connectivity index (χ3v) is 6.00. The molecule has 1 aromatic heterocycles. The number of rotatable bonds is 4. The summed E-state index contributed by atoms with van der Waals surface area (Å²) in [6.07, 6.45) is 9.12. The van der Waals surface area contributed by atoms with Crippen LogP contribution in [0.4, 0.5) is 0 Å². The van der Waals surface area contributed by atoms with Crippen LogP contribution in [-0.2, 0) is 4.74 Å². The van der Waals surface area contributed by atoms with Crippen LogP contribution < -0.4 is 0 Å². The predicted molar refractivity (Wildman–Crippen MR) is 127 cm³/mol. The topological polar surface area (TPSA) is 34.7 Å². The summed E-state index contributed by atoms with van der Waals surface area (Å²) in [4.78, 5) is 4.03. The highest BCUT2D eigenvalue weighted by atomic mass is 35.5. The Morgan fingerprint density at radius 2 is 1.97 bits per heavy atom. The van der Waals surface area contributed by atoms with Gasteiger partial charge in [0.25, 0.3) is 0 Å². The van der Waals surface area contributed by atoms with Gasteiger partial charge in [0.1, 0.15) is 22.3 Å². The maximum absolute atomic E-state index is 6.30. The van der Waals surface area contributed by atoms with E-state index in [2.05, 4.69) is 42.8 Å². The molecule has 0 amide bonds. The van der Waals surface area contributed by atoms with Gasteiger partial charge in [-0.15, -0.1) is 0 Å². The summed E-state index contributed by atoms with van der Waals surface area (Å²) in [7, 11) is 0. The fourth-order valence-corrected chi connectivity index (χ4v) is 4.60. The van der Waals surface area contributed by atoms with Gasteiger partial charge >= 0.3 is 0 Å². The summed E-state index contributed by atoms with van der Waals surface area (Å²) < 4.78 is 12.0. The summed E-state index contributed by atoms with van der Waals surface area (Å²) in [5.41, 5.74) is 6.76. The highest BCUT2D eigenvalue weighted by molar-refractivity contribution is 6.69. The van der Waals surface area contributed by atoms with E-state index in [1.54, 1.807) is 0 Å². The Labute approximate surface area is 186 Å². The van der Waals surface area contributed by atoms with Crippen molar-refractivity contribution in [3.05, 3.63) is 81.6 Å². The zero-order valence-electron chi connectivity index (χ0n) is 17.5. The molecule has 1 aliphatic heterocycles. The van der Waals surface area contributed by atoms with Crippen LogP contribution in [0.2, 0.25) is 0 Å². The molecule has 2 aliphatic rings. The van der Waals surface area contributed by atoms with E-state index in [-0.39, 0.29) is 16.2 Å². The van der Waals surface area contributed by atoms with Crippen LogP contribution in [0, 0.1) is 19.8 Å². The number of furan rings is 1. The van der Waals surface area contributed by atoms with Crippen molar-refractivity contribution in [2.75, 3.05) is 0 Å². The Balaban J connectivity index is 1.73. The van der Waals surface area contributed by atoms with Crippen LogP contribution in [0.3, 0.4) is 0 Å². The largest absolute Gasteiger partial charge is 0.461 e. The minimum absolute atomic E-state index is 0.128. The lowest BCUT2D eigenvalue weighted by atomic mass is 9.83. The second kappa shape index (κ2) is 7.98. The Morgan fingerprint density at radius 3 is 2.67 bits per heavy atom. The number of aliphatic imine (C=N–C) groups is 1. The predicted octanol–water partition coefficient (Wildman–Crippen LogP) is 8.02. The molecule has 1 aromatic carbocycles. The normalized spacial score (nSPS) is 19.3. The van der Waals surface area contributed by atoms with Crippen molar-refractivity contribution >= 4 is 51.0 Å². The molecule has 5 heteroatoms. The van der Waals surface area contributed by atoms with Crippen LogP contribution >= 0.6 is 23.2 Å². The summed E-state index contributed by atoms with van der Waals surface area (Å²) in [5, 5.41) is 1.49. The average Bonchev–Trinajstić information content (AvgIpc) is 3.17. The third kappa shape index (κ3) is 3.57. The first-order valence-corrected chi connectivity index (χ1v) is 10.6. The van der Waals surface area contributed by atoms with Gasteiger partial charge < -0.3 is 9.15 Å². The molecule has 1 atom stereocenters. The molecule has 0 saturated carbocycles. The smallest absolute Gasteiger partial charge is 0.173 e. The molecule has 0 saturated heterocycles. The summed E-state index contributed by atoms with van der Waals surface area (Å²) in [6.45, 7) is 11.7. The van der Waals surface area contributed by atoms with Crippen LogP contribution in [0.25, 0.3) is 22.6 Å². The molecule has 4 rings (SSSR count). The quantitative estimate of drug-likeness (QED) is 0.356. The van der Waals surface area contributed by atoms with Gasteiger partial charge in [-0.05, 0) is 74.6 Å². The number of allylic oxidation sites excluding steroid dienone is 6. The second-order valence-corrected chi connectivity index (χ2v) is 8.44. The van der Waals surface area contributed by atoms with Gasteiger partial charge in [-0.25, -0.2) is 4.99 Å². The van der Waals surface area contributed by atoms with Crippen molar-refractivity contribution in [3.8, 4) is 0 Å². The highest BCUT2D eigenvalue weighted by Crippen LogP contribution is 2.45. The zero-order chi connectivity index (χ0) is 21.6. The van der Waals surface area contributed by atoms with Crippen molar-refractivity contribution in [3.63, 3.8) is 0 Å². The van der Waals surface area contributed by atoms with Crippen molar-refractivity contribution < 1.29 is 9.15 Å². The first-order valence-electron chi connectivity index (χ1n) is 9.85. The van der Waals surface area contributed by atoms with E-state index in [1.165, 1.54) is 16.7 Å². The van der Waals surface area contributed by atoms with E-state index >= 15 is 0 Å². The molecule has 2 aromatic rings. The molecule has 0 fully saturated rings. The number of benzene rings is 1. The van der Waals surface area contributed by atoms with Crippen LogP contribution in [0.1, 0.15) is 42.7 Å². The highest BCUT2D eigenvalue weighted by Gasteiger charge is 2.34. The Kier molecular flexibility index (Phi) is 5.52. The van der Waals surface area contributed by atoms with E-state index in [0.29, 0.717) is 5.76 Å². The Hall–Kier alpha value is -2.49. The average molecular weight is 440 g/mol. The van der Waals surface area contributed by atoms with Gasteiger partial charge in [-0.3, -0.25) is 0 Å². The second-order valence-electron chi connectivity index (χ2n) is 7.65. The van der Waals surface area contributed by atoms with Gasteiger partial charge in [0, 0.05) is 16.9 Å². The van der Waals surface area contributed by atoms with Crippen molar-refractivity contribution in [2.45, 2.75) is 34.1 Å². The number of nitrogens with zero attached hydrogens (tertiary/aromatic N) is 1. The van der Waals surface area contributed by atoms with Crippen molar-refractivity contribution in [1.29, 1.82) is 0 Å². The monoisotopic (exact) mass is 439 g/mol. The molecule has 30 heavy (non-hydrogen) atoms. The Bertz CT molecular complexity index is 1220. The first kappa shape index (κ1) is 20.8. The molecule has 0 bridgehead atoms. The van der Waals surface area contributed by atoms with Gasteiger partial charge in [-0.1, -0.05) is 48.0 Å². The molecular formula is C25H23Cl2NO2. The van der Waals surface area contributed by atoms with Gasteiger partial charge in [0.2, 0.25) is 0 Å². The lowest BCUT2D eigenvalue weighted by Gasteiger charge is -2.20. The van der Waals surface area contributed by atoms with Crippen LogP contribution in [0.5, 0.6) is 0 Å². The SMILES string of the molecule is C=C(Cl)/N=C(/Cl)C1=C(C)C2CC(c3cc4c(/C=C\C)c(C)oc4cc3C)=CC=C2O1.